The van der Waals surface area contributed by atoms with Crippen LogP contribution in [0.5, 0.6) is 0 Å². The van der Waals surface area contributed by atoms with E-state index >= 15 is 0 Å². The molecule has 0 bridgehead atoms. The zero-order valence-corrected chi connectivity index (χ0v) is 8.72. The van der Waals surface area contributed by atoms with E-state index in [9.17, 15) is 9.59 Å². The largest absolute Gasteiger partial charge is 0.476 e. The molecule has 0 saturated carbocycles. The average molecular weight is 223 g/mol. The number of nitrogens with zero attached hydrogens (tertiary/aromatic N) is 3. The number of carboxylic acid groups (broad SMARTS) is 1. The second-order valence-electron chi connectivity index (χ2n) is 3.24. The summed E-state index contributed by atoms with van der Waals surface area (Å²) in [6, 6.07) is 0. The van der Waals surface area contributed by atoms with Crippen molar-refractivity contribution in [1.29, 1.82) is 0 Å². The van der Waals surface area contributed by atoms with E-state index in [0.717, 1.165) is 4.68 Å². The Morgan fingerprint density at radius 2 is 2.25 bits per heavy atom. The van der Waals surface area contributed by atoms with Gasteiger partial charge < -0.3 is 9.63 Å². The molecule has 2 rings (SSSR count). The maximum atomic E-state index is 11.7. The fourth-order valence-electron chi connectivity index (χ4n) is 1.50. The molecule has 84 valence electrons. The summed E-state index contributed by atoms with van der Waals surface area (Å²) in [5, 5.41) is 16.5. The minimum absolute atomic E-state index is 0.00625. The second kappa shape index (κ2) is 3.44. The number of hydrogen-bond donors (Lipinski definition) is 1. The normalized spacial score (nSPS) is 10.9. The van der Waals surface area contributed by atoms with Gasteiger partial charge in [-0.15, -0.1) is 0 Å². The van der Waals surface area contributed by atoms with Gasteiger partial charge in [0.2, 0.25) is 0 Å². The molecule has 0 aromatic carbocycles. The van der Waals surface area contributed by atoms with Crippen LogP contribution in [-0.2, 0) is 6.54 Å². The van der Waals surface area contributed by atoms with Crippen molar-refractivity contribution < 1.29 is 14.4 Å². The lowest BCUT2D eigenvalue weighted by molar-refractivity contribution is 0.0690. The Morgan fingerprint density at radius 1 is 1.56 bits per heavy atom. The van der Waals surface area contributed by atoms with Gasteiger partial charge in [-0.25, -0.2) is 9.48 Å². The van der Waals surface area contributed by atoms with Crippen LogP contribution in [0.2, 0.25) is 0 Å². The molecule has 2 heterocycles. The summed E-state index contributed by atoms with van der Waals surface area (Å²) in [7, 11) is 0. The summed E-state index contributed by atoms with van der Waals surface area (Å²) < 4.78 is 5.87. The molecule has 0 atom stereocenters. The summed E-state index contributed by atoms with van der Waals surface area (Å²) in [6.45, 7) is 3.51. The van der Waals surface area contributed by atoms with Crippen LogP contribution >= 0.6 is 0 Å². The predicted octanol–water partition coefficient (Wildman–Crippen LogP) is 0.411. The Kier molecular flexibility index (Phi) is 2.22. The molecule has 1 N–H and O–H groups in total. The van der Waals surface area contributed by atoms with Crippen molar-refractivity contribution in [1.82, 2.24) is 14.9 Å². The molecule has 7 heteroatoms. The van der Waals surface area contributed by atoms with Crippen LogP contribution < -0.4 is 5.56 Å². The van der Waals surface area contributed by atoms with Gasteiger partial charge in [0.1, 0.15) is 5.76 Å². The van der Waals surface area contributed by atoms with E-state index in [1.54, 1.807) is 13.8 Å². The molecular weight excluding hydrogens is 214 g/mol. The third-order valence-corrected chi connectivity index (χ3v) is 2.26. The third kappa shape index (κ3) is 1.28. The number of aromatic carboxylic acids is 1. The highest BCUT2D eigenvalue weighted by Gasteiger charge is 2.21. The van der Waals surface area contributed by atoms with Crippen LogP contribution in [-0.4, -0.2) is 26.0 Å². The highest BCUT2D eigenvalue weighted by Crippen LogP contribution is 2.17. The molecule has 0 aliphatic rings. The van der Waals surface area contributed by atoms with Crippen molar-refractivity contribution in [3.05, 3.63) is 21.8 Å². The Hall–Kier alpha value is -2.18. The number of aromatic nitrogens is 3. The van der Waals surface area contributed by atoms with Gasteiger partial charge in [-0.05, 0) is 13.8 Å². The zero-order valence-electron chi connectivity index (χ0n) is 8.72. The number of aryl methyl sites for hydroxylation is 2. The molecule has 2 aromatic heterocycles. The van der Waals surface area contributed by atoms with Crippen molar-refractivity contribution in [2.24, 2.45) is 0 Å². The van der Waals surface area contributed by atoms with Gasteiger partial charge in [-0.3, -0.25) is 4.79 Å². The van der Waals surface area contributed by atoms with Gasteiger partial charge in [0.05, 0.1) is 5.39 Å². The topological polar surface area (TPSA) is 98.2 Å². The van der Waals surface area contributed by atoms with Gasteiger partial charge in [0, 0.05) is 6.54 Å². The average Bonchev–Trinajstić information content (AvgIpc) is 2.62. The van der Waals surface area contributed by atoms with Crippen molar-refractivity contribution in [3.8, 4) is 0 Å². The summed E-state index contributed by atoms with van der Waals surface area (Å²) in [6.07, 6.45) is 0. The van der Waals surface area contributed by atoms with E-state index in [1.165, 1.54) is 0 Å². The molecule has 16 heavy (non-hydrogen) atoms. The zero-order chi connectivity index (χ0) is 11.9. The molecule has 0 aliphatic carbocycles. The maximum absolute atomic E-state index is 11.7. The molecule has 0 spiro atoms. The van der Waals surface area contributed by atoms with Gasteiger partial charge in [-0.1, -0.05) is 5.16 Å². The second-order valence-corrected chi connectivity index (χ2v) is 3.24. The van der Waals surface area contributed by atoms with E-state index in [2.05, 4.69) is 10.3 Å². The van der Waals surface area contributed by atoms with E-state index in [1.807, 2.05) is 0 Å². The van der Waals surface area contributed by atoms with Gasteiger partial charge in [0.15, 0.2) is 11.2 Å². The number of hydrogen-bond acceptors (Lipinski definition) is 5. The first-order valence-electron chi connectivity index (χ1n) is 4.66. The Labute approximate surface area is 89.3 Å². The van der Waals surface area contributed by atoms with Crippen molar-refractivity contribution in [2.75, 3.05) is 0 Å². The van der Waals surface area contributed by atoms with E-state index in [4.69, 9.17) is 9.63 Å². The van der Waals surface area contributed by atoms with Crippen LogP contribution in [0.25, 0.3) is 10.9 Å². The quantitative estimate of drug-likeness (QED) is 0.791. The smallest absolute Gasteiger partial charge is 0.357 e. The standard InChI is InChI=1S/C9H9N3O4/c1-3-12-8(13)6-5(4(2)16-11-6)7(10-12)9(14)15/h3H2,1-2H3,(H,14,15). The highest BCUT2D eigenvalue weighted by molar-refractivity contribution is 6.00. The molecule has 0 unspecified atom stereocenters. The molecule has 2 aromatic rings. The number of fused-ring (bicyclic) bond motifs is 1. The van der Waals surface area contributed by atoms with E-state index < -0.39 is 11.5 Å². The monoisotopic (exact) mass is 223 g/mol. The SMILES string of the molecule is CCn1nc(C(=O)O)c2c(C)onc2c1=O. The summed E-state index contributed by atoms with van der Waals surface area (Å²) in [5.74, 6) is -0.932. The number of rotatable bonds is 2. The first kappa shape index (κ1) is 10.3. The Balaban J connectivity index is 2.98. The lowest BCUT2D eigenvalue weighted by atomic mass is 10.2. The van der Waals surface area contributed by atoms with Crippen LogP contribution in [0.4, 0.5) is 0 Å². The number of carboxylic acids is 1. The minimum atomic E-state index is -1.21. The molecule has 0 aliphatic heterocycles. The molecule has 7 nitrogen and oxygen atoms in total. The third-order valence-electron chi connectivity index (χ3n) is 2.26. The fourth-order valence-corrected chi connectivity index (χ4v) is 1.50. The number of carbonyl (C=O) groups is 1. The fraction of sp³-hybridized carbons (Fsp3) is 0.333. The minimum Gasteiger partial charge on any atom is -0.476 e. The van der Waals surface area contributed by atoms with Crippen molar-refractivity contribution >= 4 is 16.9 Å². The van der Waals surface area contributed by atoms with Crippen LogP contribution in [0, 0.1) is 6.92 Å². The van der Waals surface area contributed by atoms with E-state index in [-0.39, 0.29) is 28.9 Å². The summed E-state index contributed by atoms with van der Waals surface area (Å²) >= 11 is 0. The first-order chi connectivity index (χ1) is 7.56. The Morgan fingerprint density at radius 3 is 2.81 bits per heavy atom. The summed E-state index contributed by atoms with van der Waals surface area (Å²) in [5.41, 5.74) is -0.652. The highest BCUT2D eigenvalue weighted by atomic mass is 16.5. The van der Waals surface area contributed by atoms with Gasteiger partial charge >= 0.3 is 5.97 Å². The maximum Gasteiger partial charge on any atom is 0.357 e. The molecule has 0 saturated heterocycles. The lowest BCUT2D eigenvalue weighted by Crippen LogP contribution is -2.25. The van der Waals surface area contributed by atoms with E-state index in [0.29, 0.717) is 0 Å². The van der Waals surface area contributed by atoms with Gasteiger partial charge in [0.25, 0.3) is 5.56 Å². The van der Waals surface area contributed by atoms with Crippen molar-refractivity contribution in [3.63, 3.8) is 0 Å². The van der Waals surface area contributed by atoms with Crippen LogP contribution in [0.1, 0.15) is 23.2 Å². The predicted molar refractivity (Wildman–Crippen MR) is 53.4 cm³/mol. The first-order valence-corrected chi connectivity index (χ1v) is 4.66. The van der Waals surface area contributed by atoms with Crippen LogP contribution in [0.3, 0.4) is 0 Å². The Bertz CT molecular complexity index is 625. The van der Waals surface area contributed by atoms with Gasteiger partial charge in [-0.2, -0.15) is 5.10 Å². The van der Waals surface area contributed by atoms with Crippen molar-refractivity contribution in [2.45, 2.75) is 20.4 Å². The summed E-state index contributed by atoms with van der Waals surface area (Å²) in [4.78, 5) is 22.7. The molecule has 0 fully saturated rings. The van der Waals surface area contributed by atoms with Crippen LogP contribution in [0.15, 0.2) is 9.32 Å². The lowest BCUT2D eigenvalue weighted by Gasteiger charge is -2.02. The molecular formula is C9H9N3O4. The molecule has 0 radical (unpaired) electrons. The molecule has 0 amide bonds.